The van der Waals surface area contributed by atoms with Gasteiger partial charge in [-0.25, -0.2) is 9.97 Å². The SMILES string of the molecule is Cc1cc(CN2CCC3(CC2)CN(c2ccncn2)CC3CO)n(C)n1. The van der Waals surface area contributed by atoms with Crippen molar-refractivity contribution < 1.29 is 5.11 Å². The smallest absolute Gasteiger partial charge is 0.131 e. The molecule has 4 rings (SSSR count). The highest BCUT2D eigenvalue weighted by Gasteiger charge is 2.48. The van der Waals surface area contributed by atoms with E-state index in [0.717, 1.165) is 57.1 Å². The first kappa shape index (κ1) is 17.4. The Morgan fingerprint density at radius 1 is 1.31 bits per heavy atom. The Hall–Kier alpha value is -1.99. The van der Waals surface area contributed by atoms with E-state index in [1.54, 1.807) is 12.5 Å². The molecular weight excluding hydrogens is 328 g/mol. The van der Waals surface area contributed by atoms with Crippen LogP contribution in [0.3, 0.4) is 0 Å². The summed E-state index contributed by atoms with van der Waals surface area (Å²) in [5, 5.41) is 14.5. The van der Waals surface area contributed by atoms with Gasteiger partial charge in [0.15, 0.2) is 0 Å². The molecule has 1 N–H and O–H groups in total. The average molecular weight is 356 g/mol. The number of anilines is 1. The van der Waals surface area contributed by atoms with Crippen LogP contribution in [-0.2, 0) is 13.6 Å². The molecule has 2 aliphatic heterocycles. The Bertz CT molecular complexity index is 738. The third-order valence-electron chi connectivity index (χ3n) is 6.26. The molecule has 0 amide bonds. The molecule has 2 aliphatic rings. The summed E-state index contributed by atoms with van der Waals surface area (Å²) in [6.07, 6.45) is 5.64. The number of likely N-dealkylation sites (tertiary alicyclic amines) is 1. The second-order valence-corrected chi connectivity index (χ2v) is 7.87. The third kappa shape index (κ3) is 3.21. The van der Waals surface area contributed by atoms with Crippen molar-refractivity contribution in [2.24, 2.45) is 18.4 Å². The molecule has 2 aromatic heterocycles. The van der Waals surface area contributed by atoms with Crippen LogP contribution in [0, 0.1) is 18.3 Å². The highest BCUT2D eigenvalue weighted by atomic mass is 16.3. The van der Waals surface area contributed by atoms with Crippen LogP contribution in [0.25, 0.3) is 0 Å². The van der Waals surface area contributed by atoms with Crippen molar-refractivity contribution in [2.75, 3.05) is 37.7 Å². The summed E-state index contributed by atoms with van der Waals surface area (Å²) < 4.78 is 1.99. The number of hydrogen-bond donors (Lipinski definition) is 1. The first-order chi connectivity index (χ1) is 12.6. The Morgan fingerprint density at radius 3 is 2.73 bits per heavy atom. The molecule has 1 spiro atoms. The molecule has 4 heterocycles. The lowest BCUT2D eigenvalue weighted by atomic mass is 9.71. The molecule has 26 heavy (non-hydrogen) atoms. The zero-order valence-corrected chi connectivity index (χ0v) is 15.7. The fraction of sp³-hybridized carbons (Fsp3) is 0.632. The number of piperidine rings is 1. The zero-order valence-electron chi connectivity index (χ0n) is 15.7. The summed E-state index contributed by atoms with van der Waals surface area (Å²) in [7, 11) is 2.02. The summed E-state index contributed by atoms with van der Waals surface area (Å²) in [5.74, 6) is 1.29. The molecule has 7 nitrogen and oxygen atoms in total. The van der Waals surface area contributed by atoms with E-state index in [4.69, 9.17) is 0 Å². The van der Waals surface area contributed by atoms with Crippen molar-refractivity contribution >= 4 is 5.82 Å². The fourth-order valence-electron chi connectivity index (χ4n) is 4.69. The predicted molar refractivity (Wildman–Crippen MR) is 99.7 cm³/mol. The van der Waals surface area contributed by atoms with Gasteiger partial charge < -0.3 is 10.0 Å². The van der Waals surface area contributed by atoms with E-state index in [0.29, 0.717) is 5.92 Å². The van der Waals surface area contributed by atoms with E-state index in [-0.39, 0.29) is 12.0 Å². The molecule has 2 saturated heterocycles. The second kappa shape index (κ2) is 6.96. The number of rotatable bonds is 4. The van der Waals surface area contributed by atoms with Crippen molar-refractivity contribution in [3.63, 3.8) is 0 Å². The Labute approximate surface area is 154 Å². The number of aryl methyl sites for hydroxylation is 2. The van der Waals surface area contributed by atoms with Gasteiger partial charge in [0.25, 0.3) is 0 Å². The van der Waals surface area contributed by atoms with E-state index in [2.05, 4.69) is 30.9 Å². The number of aromatic nitrogens is 4. The topological polar surface area (TPSA) is 70.3 Å². The van der Waals surface area contributed by atoms with Crippen LogP contribution in [0.2, 0.25) is 0 Å². The molecule has 2 aromatic rings. The van der Waals surface area contributed by atoms with E-state index in [1.807, 2.05) is 24.7 Å². The lowest BCUT2D eigenvalue weighted by Crippen LogP contribution is -2.45. The minimum Gasteiger partial charge on any atom is -0.396 e. The van der Waals surface area contributed by atoms with Gasteiger partial charge in [-0.1, -0.05) is 0 Å². The Balaban J connectivity index is 1.42. The number of nitrogens with zero attached hydrogens (tertiary/aromatic N) is 6. The van der Waals surface area contributed by atoms with Crippen LogP contribution in [-0.4, -0.2) is 62.5 Å². The average Bonchev–Trinajstić information content (AvgIpc) is 3.17. The van der Waals surface area contributed by atoms with Gasteiger partial charge >= 0.3 is 0 Å². The monoisotopic (exact) mass is 356 g/mol. The van der Waals surface area contributed by atoms with Crippen molar-refractivity contribution in [1.29, 1.82) is 0 Å². The molecule has 0 radical (unpaired) electrons. The Kier molecular flexibility index (Phi) is 4.67. The van der Waals surface area contributed by atoms with Crippen LogP contribution in [0.5, 0.6) is 0 Å². The minimum atomic E-state index is 0.193. The molecule has 1 atom stereocenters. The van der Waals surface area contributed by atoms with Crippen molar-refractivity contribution in [2.45, 2.75) is 26.3 Å². The zero-order chi connectivity index (χ0) is 18.1. The van der Waals surface area contributed by atoms with Gasteiger partial charge in [0, 0.05) is 45.4 Å². The third-order valence-corrected chi connectivity index (χ3v) is 6.26. The lowest BCUT2D eigenvalue weighted by Gasteiger charge is -2.42. The lowest BCUT2D eigenvalue weighted by molar-refractivity contribution is 0.0498. The van der Waals surface area contributed by atoms with Crippen molar-refractivity contribution in [1.82, 2.24) is 24.6 Å². The second-order valence-electron chi connectivity index (χ2n) is 7.87. The standard InChI is InChI=1S/C19H28N6O/c1-15-9-17(23(2)22-15)11-24-7-4-19(5-8-24)13-25(10-16(19)12-26)18-3-6-20-14-21-18/h3,6,9,14,16,26H,4-5,7-8,10-13H2,1-2H3. The summed E-state index contributed by atoms with van der Waals surface area (Å²) in [6, 6.07) is 4.14. The predicted octanol–water partition coefficient (Wildman–Crippen LogP) is 1.23. The maximum absolute atomic E-state index is 10.0. The van der Waals surface area contributed by atoms with E-state index >= 15 is 0 Å². The first-order valence-electron chi connectivity index (χ1n) is 9.43. The molecular formula is C19H28N6O. The van der Waals surface area contributed by atoms with Gasteiger partial charge in [0.05, 0.1) is 11.4 Å². The largest absolute Gasteiger partial charge is 0.396 e. The van der Waals surface area contributed by atoms with Gasteiger partial charge in [-0.05, 0) is 50.4 Å². The van der Waals surface area contributed by atoms with Crippen LogP contribution in [0.4, 0.5) is 5.82 Å². The molecule has 2 fully saturated rings. The van der Waals surface area contributed by atoms with Crippen molar-refractivity contribution in [3.8, 4) is 0 Å². The van der Waals surface area contributed by atoms with Crippen molar-refractivity contribution in [3.05, 3.63) is 36.0 Å². The van der Waals surface area contributed by atoms with Gasteiger partial charge in [-0.15, -0.1) is 0 Å². The molecule has 140 valence electrons. The Morgan fingerprint density at radius 2 is 2.12 bits per heavy atom. The quantitative estimate of drug-likeness (QED) is 0.889. The maximum Gasteiger partial charge on any atom is 0.131 e. The summed E-state index contributed by atoms with van der Waals surface area (Å²) in [4.78, 5) is 13.3. The highest BCUT2D eigenvalue weighted by molar-refractivity contribution is 5.39. The molecule has 1 unspecified atom stereocenters. The van der Waals surface area contributed by atoms with Crippen LogP contribution in [0.15, 0.2) is 24.7 Å². The van der Waals surface area contributed by atoms with Crippen LogP contribution in [0.1, 0.15) is 24.2 Å². The summed E-state index contributed by atoms with van der Waals surface area (Å²) >= 11 is 0. The van der Waals surface area contributed by atoms with E-state index in [1.165, 1.54) is 5.69 Å². The first-order valence-corrected chi connectivity index (χ1v) is 9.43. The van der Waals surface area contributed by atoms with Crippen LogP contribution >= 0.6 is 0 Å². The van der Waals surface area contributed by atoms with Gasteiger partial charge in [-0.2, -0.15) is 5.10 Å². The summed E-state index contributed by atoms with van der Waals surface area (Å²) in [5.41, 5.74) is 2.54. The minimum absolute atomic E-state index is 0.193. The maximum atomic E-state index is 10.0. The fourth-order valence-corrected chi connectivity index (χ4v) is 4.69. The molecule has 7 heteroatoms. The molecule has 0 aromatic carbocycles. The highest BCUT2D eigenvalue weighted by Crippen LogP contribution is 2.45. The van der Waals surface area contributed by atoms with E-state index < -0.39 is 0 Å². The number of aliphatic hydroxyl groups excluding tert-OH is 1. The number of hydrogen-bond acceptors (Lipinski definition) is 6. The van der Waals surface area contributed by atoms with Gasteiger partial charge in [-0.3, -0.25) is 9.58 Å². The molecule has 0 saturated carbocycles. The van der Waals surface area contributed by atoms with Crippen LogP contribution < -0.4 is 4.90 Å². The molecule has 0 aliphatic carbocycles. The van der Waals surface area contributed by atoms with Gasteiger partial charge in [0.1, 0.15) is 12.1 Å². The van der Waals surface area contributed by atoms with Gasteiger partial charge in [0.2, 0.25) is 0 Å². The summed E-state index contributed by atoms with van der Waals surface area (Å²) in [6.45, 7) is 7.25. The molecule has 0 bridgehead atoms. The van der Waals surface area contributed by atoms with E-state index in [9.17, 15) is 5.11 Å². The normalized spacial score (nSPS) is 23.0. The number of aliphatic hydroxyl groups is 1.